The Morgan fingerprint density at radius 1 is 0.944 bits per heavy atom. The first-order valence-corrected chi connectivity index (χ1v) is 5.73. The van der Waals surface area contributed by atoms with Gasteiger partial charge in [-0.2, -0.15) is 0 Å². The Bertz CT molecular complexity index is 543. The van der Waals surface area contributed by atoms with Crippen LogP contribution in [0.5, 0.6) is 0 Å². The molecule has 0 aliphatic carbocycles. The highest BCUT2D eigenvalue weighted by atomic mass is 16.2. The third kappa shape index (κ3) is 1.84. The van der Waals surface area contributed by atoms with Gasteiger partial charge < -0.3 is 0 Å². The van der Waals surface area contributed by atoms with Crippen LogP contribution in [0.15, 0.2) is 48.8 Å². The van der Waals surface area contributed by atoms with Crippen molar-refractivity contribution in [3.63, 3.8) is 0 Å². The predicted molar refractivity (Wildman–Crippen MR) is 65.2 cm³/mol. The number of pyridine rings is 2. The van der Waals surface area contributed by atoms with Gasteiger partial charge in [-0.15, -0.1) is 0 Å². The smallest absolute Gasteiger partial charge is 0.245 e. The average Bonchev–Trinajstić information content (AvgIpc) is 2.83. The average molecular weight is 240 g/mol. The minimum absolute atomic E-state index is 0.0793. The topological polar surface area (TPSA) is 66.9 Å². The third-order valence-corrected chi connectivity index (χ3v) is 2.98. The summed E-state index contributed by atoms with van der Waals surface area (Å²) >= 11 is 0. The van der Waals surface area contributed by atoms with Gasteiger partial charge in [0.05, 0.1) is 17.4 Å². The molecule has 1 aliphatic heterocycles. The molecule has 0 bridgehead atoms. The van der Waals surface area contributed by atoms with E-state index in [0.29, 0.717) is 0 Å². The second-order valence-electron chi connectivity index (χ2n) is 4.10. The molecule has 0 unspecified atom stereocenters. The standard InChI is InChI=1S/C13H12N4O/c18-13-11(9-5-1-3-7-14-9)12(16-17-13)10-6-2-4-8-15-10/h1-8,11-12,16H,(H,17,18)/t11-,12+/m1/s1. The molecule has 2 N–H and O–H groups in total. The van der Waals surface area contributed by atoms with Crippen LogP contribution in [0.2, 0.25) is 0 Å². The molecule has 0 saturated carbocycles. The van der Waals surface area contributed by atoms with Crippen LogP contribution in [-0.2, 0) is 4.79 Å². The number of nitrogens with one attached hydrogen (secondary N) is 2. The van der Waals surface area contributed by atoms with Crippen LogP contribution in [0.4, 0.5) is 0 Å². The van der Waals surface area contributed by atoms with E-state index in [2.05, 4.69) is 20.8 Å². The fraction of sp³-hybridized carbons (Fsp3) is 0.154. The van der Waals surface area contributed by atoms with Crippen LogP contribution in [0, 0.1) is 0 Å². The zero-order valence-corrected chi connectivity index (χ0v) is 9.58. The second kappa shape index (κ2) is 4.54. The third-order valence-electron chi connectivity index (χ3n) is 2.98. The molecule has 1 saturated heterocycles. The fourth-order valence-electron chi connectivity index (χ4n) is 2.13. The molecule has 1 amide bonds. The lowest BCUT2D eigenvalue weighted by atomic mass is 9.94. The summed E-state index contributed by atoms with van der Waals surface area (Å²) < 4.78 is 0. The lowest BCUT2D eigenvalue weighted by molar-refractivity contribution is -0.120. The molecule has 3 rings (SSSR count). The Morgan fingerprint density at radius 2 is 1.61 bits per heavy atom. The number of amides is 1. The van der Waals surface area contributed by atoms with Gasteiger partial charge in [0.1, 0.15) is 5.92 Å². The minimum atomic E-state index is -0.346. The maximum atomic E-state index is 11.9. The molecule has 5 heteroatoms. The number of hydrogen-bond acceptors (Lipinski definition) is 4. The molecule has 0 radical (unpaired) electrons. The first-order valence-electron chi connectivity index (χ1n) is 5.73. The van der Waals surface area contributed by atoms with Crippen molar-refractivity contribution in [2.24, 2.45) is 0 Å². The van der Waals surface area contributed by atoms with Crippen molar-refractivity contribution in [1.29, 1.82) is 0 Å². The Hall–Kier alpha value is -2.27. The maximum absolute atomic E-state index is 11.9. The van der Waals surface area contributed by atoms with E-state index in [4.69, 9.17) is 0 Å². The number of rotatable bonds is 2. The summed E-state index contributed by atoms with van der Waals surface area (Å²) in [5, 5.41) is 0. The van der Waals surface area contributed by atoms with Crippen LogP contribution < -0.4 is 10.9 Å². The zero-order valence-electron chi connectivity index (χ0n) is 9.58. The molecule has 5 nitrogen and oxygen atoms in total. The largest absolute Gasteiger partial charge is 0.290 e. The van der Waals surface area contributed by atoms with E-state index < -0.39 is 0 Å². The van der Waals surface area contributed by atoms with Crippen LogP contribution in [-0.4, -0.2) is 15.9 Å². The van der Waals surface area contributed by atoms with Gasteiger partial charge in [-0.1, -0.05) is 12.1 Å². The lowest BCUT2D eigenvalue weighted by Crippen LogP contribution is -2.27. The summed E-state index contributed by atoms with van der Waals surface area (Å²) in [5.41, 5.74) is 7.19. The monoisotopic (exact) mass is 240 g/mol. The normalized spacial score (nSPS) is 22.8. The van der Waals surface area contributed by atoms with E-state index in [0.717, 1.165) is 11.4 Å². The fourth-order valence-corrected chi connectivity index (χ4v) is 2.13. The maximum Gasteiger partial charge on any atom is 0.245 e. The lowest BCUT2D eigenvalue weighted by Gasteiger charge is -2.15. The molecule has 1 fully saturated rings. The Morgan fingerprint density at radius 3 is 2.22 bits per heavy atom. The van der Waals surface area contributed by atoms with E-state index in [9.17, 15) is 4.79 Å². The zero-order chi connectivity index (χ0) is 12.4. The van der Waals surface area contributed by atoms with E-state index in [1.54, 1.807) is 12.4 Å². The molecule has 2 aromatic rings. The first-order chi connectivity index (χ1) is 8.86. The molecule has 1 aliphatic rings. The highest BCUT2D eigenvalue weighted by Crippen LogP contribution is 2.31. The highest BCUT2D eigenvalue weighted by Gasteiger charge is 2.38. The predicted octanol–water partition coefficient (Wildman–Crippen LogP) is 0.936. The number of hydrogen-bond donors (Lipinski definition) is 2. The molecule has 0 aromatic carbocycles. The minimum Gasteiger partial charge on any atom is -0.290 e. The van der Waals surface area contributed by atoms with Gasteiger partial charge in [-0.05, 0) is 24.3 Å². The molecular formula is C13H12N4O. The van der Waals surface area contributed by atoms with Crippen molar-refractivity contribution in [2.45, 2.75) is 12.0 Å². The number of hydrazine groups is 1. The van der Waals surface area contributed by atoms with Crippen molar-refractivity contribution in [3.8, 4) is 0 Å². The summed E-state index contributed by atoms with van der Waals surface area (Å²) in [7, 11) is 0. The summed E-state index contributed by atoms with van der Waals surface area (Å²) in [6.45, 7) is 0. The molecule has 2 aromatic heterocycles. The van der Waals surface area contributed by atoms with E-state index in [1.807, 2.05) is 36.4 Å². The summed E-state index contributed by atoms with van der Waals surface area (Å²) in [4.78, 5) is 20.5. The summed E-state index contributed by atoms with van der Waals surface area (Å²) in [6.07, 6.45) is 3.41. The summed E-state index contributed by atoms with van der Waals surface area (Å²) in [6, 6.07) is 11.0. The van der Waals surface area contributed by atoms with E-state index >= 15 is 0 Å². The number of carbonyl (C=O) groups is 1. The van der Waals surface area contributed by atoms with Crippen molar-refractivity contribution >= 4 is 5.91 Å². The Balaban J connectivity index is 1.98. The number of nitrogens with zero attached hydrogens (tertiary/aromatic N) is 2. The van der Waals surface area contributed by atoms with Gasteiger partial charge in [-0.3, -0.25) is 20.2 Å². The van der Waals surface area contributed by atoms with Crippen LogP contribution >= 0.6 is 0 Å². The summed E-state index contributed by atoms with van der Waals surface area (Å²) in [5.74, 6) is -0.426. The van der Waals surface area contributed by atoms with Gasteiger partial charge in [0, 0.05) is 12.4 Å². The van der Waals surface area contributed by atoms with Gasteiger partial charge >= 0.3 is 0 Å². The van der Waals surface area contributed by atoms with Gasteiger partial charge in [0.25, 0.3) is 0 Å². The van der Waals surface area contributed by atoms with Gasteiger partial charge in [0.15, 0.2) is 0 Å². The first kappa shape index (κ1) is 10.9. The second-order valence-corrected chi connectivity index (χ2v) is 4.10. The van der Waals surface area contributed by atoms with Gasteiger partial charge in [-0.25, -0.2) is 5.43 Å². The van der Waals surface area contributed by atoms with Crippen molar-refractivity contribution < 1.29 is 4.79 Å². The van der Waals surface area contributed by atoms with E-state index in [-0.39, 0.29) is 17.9 Å². The van der Waals surface area contributed by atoms with Crippen molar-refractivity contribution in [2.75, 3.05) is 0 Å². The van der Waals surface area contributed by atoms with Crippen LogP contribution in [0.3, 0.4) is 0 Å². The number of carbonyl (C=O) groups excluding carboxylic acids is 1. The van der Waals surface area contributed by atoms with Crippen LogP contribution in [0.25, 0.3) is 0 Å². The van der Waals surface area contributed by atoms with E-state index in [1.165, 1.54) is 0 Å². The quantitative estimate of drug-likeness (QED) is 0.819. The van der Waals surface area contributed by atoms with Gasteiger partial charge in [0.2, 0.25) is 5.91 Å². The van der Waals surface area contributed by atoms with Crippen molar-refractivity contribution in [3.05, 3.63) is 60.2 Å². The number of aromatic nitrogens is 2. The Kier molecular flexibility index (Phi) is 2.74. The molecule has 90 valence electrons. The molecule has 2 atom stereocenters. The molecule has 18 heavy (non-hydrogen) atoms. The van der Waals surface area contributed by atoms with Crippen molar-refractivity contribution in [1.82, 2.24) is 20.8 Å². The Labute approximate surface area is 104 Å². The highest BCUT2D eigenvalue weighted by molar-refractivity contribution is 5.85. The van der Waals surface area contributed by atoms with Crippen LogP contribution in [0.1, 0.15) is 23.3 Å². The molecular weight excluding hydrogens is 228 g/mol. The molecule has 0 spiro atoms. The molecule has 3 heterocycles. The SMILES string of the molecule is O=C1NN[C@@H](c2ccccn2)[C@H]1c1ccccn1.